The molecule has 15 heteroatoms. The summed E-state index contributed by atoms with van der Waals surface area (Å²) in [6.07, 6.45) is -4.19. The lowest BCUT2D eigenvalue weighted by atomic mass is 10.1. The van der Waals surface area contributed by atoms with E-state index in [0.29, 0.717) is 12.1 Å². The monoisotopic (exact) mass is 547 g/mol. The van der Waals surface area contributed by atoms with Gasteiger partial charge in [0.2, 0.25) is 6.29 Å². The maximum Gasteiger partial charge on any atom is 0.305 e. The Bertz CT molecular complexity index is 1040. The molecule has 0 spiro atoms. The fraction of sp³-hybridized carbons (Fsp3) is 0.478. The topological polar surface area (TPSA) is 163 Å². The summed E-state index contributed by atoms with van der Waals surface area (Å²) in [7, 11) is 0. The number of nitrogens with zero attached hydrogens (tertiary/aromatic N) is 1. The molecule has 0 amide bonds. The highest BCUT2D eigenvalue weighted by molar-refractivity contribution is 5.68. The molecule has 0 bridgehead atoms. The van der Waals surface area contributed by atoms with Crippen LogP contribution < -0.4 is 5.32 Å². The summed E-state index contributed by atoms with van der Waals surface area (Å²) in [5, 5.41) is 5.73. The number of benzene rings is 1. The molecule has 4 atom stereocenters. The summed E-state index contributed by atoms with van der Waals surface area (Å²) in [6, 6.07) is 1.24. The van der Waals surface area contributed by atoms with Crippen molar-refractivity contribution in [2.24, 2.45) is 5.11 Å². The summed E-state index contributed by atoms with van der Waals surface area (Å²) in [4.78, 5) is 46.2. The highest BCUT2D eigenvalue weighted by atomic mass is 19.2. The first-order chi connectivity index (χ1) is 17.7. The van der Waals surface area contributed by atoms with Gasteiger partial charge in [0.1, 0.15) is 24.5 Å². The van der Waals surface area contributed by atoms with Gasteiger partial charge in [-0.2, -0.15) is 5.11 Å². The van der Waals surface area contributed by atoms with E-state index in [-0.39, 0.29) is 17.8 Å². The van der Waals surface area contributed by atoms with E-state index in [1.54, 1.807) is 0 Å². The third-order valence-electron chi connectivity index (χ3n) is 4.50. The van der Waals surface area contributed by atoms with Crippen LogP contribution in [0.5, 0.6) is 0 Å². The molecule has 38 heavy (non-hydrogen) atoms. The number of hydrogen-bond donors (Lipinski definition) is 2. The van der Waals surface area contributed by atoms with Crippen LogP contribution in [-0.4, -0.2) is 61.6 Å². The Morgan fingerprint density at radius 3 is 1.95 bits per heavy atom. The fourth-order valence-electron chi connectivity index (χ4n) is 2.91. The van der Waals surface area contributed by atoms with Crippen molar-refractivity contribution in [3.63, 3.8) is 0 Å². The zero-order valence-corrected chi connectivity index (χ0v) is 21.2. The normalized spacial score (nSPS) is 14.4. The Balaban J connectivity index is 3.23. The average Bonchev–Trinajstić information content (AvgIpc) is 2.80. The van der Waals surface area contributed by atoms with Gasteiger partial charge >= 0.3 is 23.9 Å². The molecule has 210 valence electrons. The highest BCUT2D eigenvalue weighted by Gasteiger charge is 2.34. The first-order valence-electron chi connectivity index (χ1n) is 11.0. The molecule has 0 aliphatic rings. The molecule has 0 saturated carbocycles. The number of halogens is 3. The standard InChI is InChI=1S/C23H28F3N3O9/c1-11(35-13(3)31)21(10-34-12(2)30)38-23(37-15(5)33)20(36-14(4)32)9-28-8-19(29-27)16-6-17(24)22(26)18(25)7-16/h6-8,11,20-21,23,27-28H,9-10H2,1-5H3/b19-8-,29-27?. The van der Waals surface area contributed by atoms with Gasteiger partial charge in [-0.15, -0.1) is 0 Å². The second-order valence-electron chi connectivity index (χ2n) is 7.72. The molecule has 1 rings (SSSR count). The van der Waals surface area contributed by atoms with Gasteiger partial charge in [-0.3, -0.25) is 19.2 Å². The number of esters is 4. The van der Waals surface area contributed by atoms with E-state index >= 15 is 0 Å². The zero-order chi connectivity index (χ0) is 29.0. The van der Waals surface area contributed by atoms with E-state index in [4.69, 9.17) is 29.2 Å². The zero-order valence-electron chi connectivity index (χ0n) is 21.2. The lowest BCUT2D eigenvalue weighted by Crippen LogP contribution is -2.47. The van der Waals surface area contributed by atoms with Crippen LogP contribution in [0, 0.1) is 23.0 Å². The number of hydrogen-bond acceptors (Lipinski definition) is 12. The second-order valence-corrected chi connectivity index (χ2v) is 7.72. The molecular weight excluding hydrogens is 519 g/mol. The third-order valence-corrected chi connectivity index (χ3v) is 4.50. The third kappa shape index (κ3) is 10.9. The Hall–Kier alpha value is -4.01. The average molecular weight is 547 g/mol. The van der Waals surface area contributed by atoms with Crippen LogP contribution in [0.15, 0.2) is 23.4 Å². The molecule has 0 aliphatic heterocycles. The summed E-state index contributed by atoms with van der Waals surface area (Å²) in [5.41, 5.74) is 6.65. The van der Waals surface area contributed by atoms with E-state index in [2.05, 4.69) is 10.4 Å². The molecule has 0 radical (unpaired) electrons. The molecule has 2 N–H and O–H groups in total. The Kier molecular flexibility index (Phi) is 12.9. The Morgan fingerprint density at radius 2 is 1.47 bits per heavy atom. The van der Waals surface area contributed by atoms with E-state index in [9.17, 15) is 32.3 Å². The van der Waals surface area contributed by atoms with Crippen LogP contribution in [0.3, 0.4) is 0 Å². The molecule has 0 aromatic heterocycles. The molecular formula is C23H28F3N3O9. The van der Waals surface area contributed by atoms with Crippen molar-refractivity contribution in [3.8, 4) is 0 Å². The maximum absolute atomic E-state index is 13.6. The summed E-state index contributed by atoms with van der Waals surface area (Å²) < 4.78 is 66.5. The number of carbonyl (C=O) groups is 4. The van der Waals surface area contributed by atoms with Crippen molar-refractivity contribution in [1.29, 1.82) is 5.53 Å². The van der Waals surface area contributed by atoms with Gasteiger partial charge in [0.05, 0.1) is 6.54 Å². The molecule has 0 heterocycles. The molecule has 1 aromatic rings. The van der Waals surface area contributed by atoms with Crippen LogP contribution >= 0.6 is 0 Å². The fourth-order valence-corrected chi connectivity index (χ4v) is 2.91. The van der Waals surface area contributed by atoms with Crippen LogP contribution in [-0.2, 0) is 42.9 Å². The minimum Gasteiger partial charge on any atom is -0.463 e. The lowest BCUT2D eigenvalue weighted by molar-refractivity contribution is -0.239. The van der Waals surface area contributed by atoms with Gasteiger partial charge < -0.3 is 29.0 Å². The van der Waals surface area contributed by atoms with Gasteiger partial charge in [-0.05, 0) is 19.1 Å². The molecule has 12 nitrogen and oxygen atoms in total. The molecule has 0 aliphatic carbocycles. The van der Waals surface area contributed by atoms with Gasteiger partial charge in [0.25, 0.3) is 0 Å². The first kappa shape index (κ1) is 32.0. The quantitative estimate of drug-likeness (QED) is 0.116. The van der Waals surface area contributed by atoms with Crippen LogP contribution in [0.25, 0.3) is 5.70 Å². The predicted octanol–water partition coefficient (Wildman–Crippen LogP) is 2.74. The van der Waals surface area contributed by atoms with E-state index in [1.165, 1.54) is 6.92 Å². The minimum absolute atomic E-state index is 0.280. The van der Waals surface area contributed by atoms with E-state index in [1.807, 2.05) is 0 Å². The van der Waals surface area contributed by atoms with Gasteiger partial charge in [0, 0.05) is 39.5 Å². The molecule has 1 aromatic carbocycles. The maximum atomic E-state index is 13.6. The molecule has 0 fully saturated rings. The van der Waals surface area contributed by atoms with Crippen molar-refractivity contribution >= 4 is 29.6 Å². The number of nitrogens with one attached hydrogen (secondary N) is 2. The number of carbonyl (C=O) groups excluding carboxylic acids is 4. The summed E-state index contributed by atoms with van der Waals surface area (Å²) in [6.45, 7) is 4.98. The summed E-state index contributed by atoms with van der Waals surface area (Å²) >= 11 is 0. The smallest absolute Gasteiger partial charge is 0.305 e. The lowest BCUT2D eigenvalue weighted by Gasteiger charge is -2.31. The molecule has 0 saturated heterocycles. The van der Waals surface area contributed by atoms with Crippen LogP contribution in [0.4, 0.5) is 13.2 Å². The van der Waals surface area contributed by atoms with E-state index < -0.39 is 72.5 Å². The Labute approximate surface area is 215 Å². The SMILES string of the molecule is CC(=O)OCC(OC(OC(C)=O)C(CN/C=C(\N=N)c1cc(F)c(F)c(F)c1)OC(C)=O)C(C)OC(C)=O. The van der Waals surface area contributed by atoms with E-state index in [0.717, 1.165) is 33.9 Å². The number of ether oxygens (including phenoxy) is 5. The van der Waals surface area contributed by atoms with Crippen molar-refractivity contribution in [2.45, 2.75) is 59.2 Å². The highest BCUT2D eigenvalue weighted by Crippen LogP contribution is 2.21. The van der Waals surface area contributed by atoms with Gasteiger partial charge in [0.15, 0.2) is 23.6 Å². The van der Waals surface area contributed by atoms with Crippen molar-refractivity contribution in [1.82, 2.24) is 5.32 Å². The predicted molar refractivity (Wildman–Crippen MR) is 121 cm³/mol. The van der Waals surface area contributed by atoms with Crippen molar-refractivity contribution in [2.75, 3.05) is 13.2 Å². The minimum atomic E-state index is -1.70. The van der Waals surface area contributed by atoms with Crippen LogP contribution in [0.1, 0.15) is 40.2 Å². The first-order valence-corrected chi connectivity index (χ1v) is 11.0. The van der Waals surface area contributed by atoms with Gasteiger partial charge in [-0.1, -0.05) is 0 Å². The number of rotatable bonds is 14. The van der Waals surface area contributed by atoms with Crippen molar-refractivity contribution < 1.29 is 56.0 Å². The summed E-state index contributed by atoms with van der Waals surface area (Å²) in [5.74, 6) is -7.74. The largest absolute Gasteiger partial charge is 0.463 e. The Morgan fingerprint density at radius 1 is 0.921 bits per heavy atom. The van der Waals surface area contributed by atoms with Crippen LogP contribution in [0.2, 0.25) is 0 Å². The molecule has 4 unspecified atom stereocenters. The van der Waals surface area contributed by atoms with Crippen molar-refractivity contribution in [3.05, 3.63) is 41.3 Å². The second kappa shape index (κ2) is 15.3. The van der Waals surface area contributed by atoms with Gasteiger partial charge in [-0.25, -0.2) is 18.7 Å².